The van der Waals surface area contributed by atoms with Gasteiger partial charge in [-0.25, -0.2) is 8.42 Å². The molecular formula is C24H31N3O4S. The van der Waals surface area contributed by atoms with E-state index in [1.807, 2.05) is 36.1 Å². The monoisotopic (exact) mass is 457 g/mol. The maximum absolute atomic E-state index is 13.0. The topological polar surface area (TPSA) is 86.8 Å². The first-order chi connectivity index (χ1) is 15.1. The lowest BCUT2D eigenvalue weighted by molar-refractivity contribution is -0.129. The molecule has 32 heavy (non-hydrogen) atoms. The first kappa shape index (κ1) is 23.9. The smallest absolute Gasteiger partial charge is 0.243 e. The minimum absolute atomic E-state index is 0.118. The highest BCUT2D eigenvalue weighted by molar-refractivity contribution is 7.89. The zero-order valence-corrected chi connectivity index (χ0v) is 20.0. The molecule has 1 N–H and O–H groups in total. The van der Waals surface area contributed by atoms with Crippen molar-refractivity contribution in [3.63, 3.8) is 0 Å². The number of likely N-dealkylation sites (N-methyl/N-ethyl adjacent to an activating group) is 1. The molecule has 1 fully saturated rings. The minimum atomic E-state index is -3.80. The van der Waals surface area contributed by atoms with Crippen LogP contribution in [0.5, 0.6) is 0 Å². The third-order valence-corrected chi connectivity index (χ3v) is 7.80. The third-order valence-electron chi connectivity index (χ3n) is 5.69. The summed E-state index contributed by atoms with van der Waals surface area (Å²) >= 11 is 0. The van der Waals surface area contributed by atoms with Gasteiger partial charge >= 0.3 is 0 Å². The molecule has 0 atom stereocenters. The Hall–Kier alpha value is -2.71. The van der Waals surface area contributed by atoms with Gasteiger partial charge in [0.2, 0.25) is 21.8 Å². The van der Waals surface area contributed by atoms with E-state index in [1.165, 1.54) is 7.05 Å². The number of benzene rings is 2. The summed E-state index contributed by atoms with van der Waals surface area (Å²) in [6.45, 7) is 6.79. The highest BCUT2D eigenvalue weighted by Gasteiger charge is 2.26. The molecule has 8 heteroatoms. The van der Waals surface area contributed by atoms with Crippen molar-refractivity contribution >= 4 is 27.5 Å². The Morgan fingerprint density at radius 2 is 1.56 bits per heavy atom. The predicted octanol–water partition coefficient (Wildman–Crippen LogP) is 3.04. The lowest BCUT2D eigenvalue weighted by Gasteiger charge is -2.20. The van der Waals surface area contributed by atoms with Crippen molar-refractivity contribution in [2.24, 2.45) is 0 Å². The van der Waals surface area contributed by atoms with Gasteiger partial charge in [0.15, 0.2) is 0 Å². The van der Waals surface area contributed by atoms with Crippen LogP contribution in [0.4, 0.5) is 5.69 Å². The summed E-state index contributed by atoms with van der Waals surface area (Å²) in [5, 5.41) is 2.73. The van der Waals surface area contributed by atoms with E-state index in [0.29, 0.717) is 23.2 Å². The van der Waals surface area contributed by atoms with Crippen LogP contribution in [0, 0.1) is 20.8 Å². The average molecular weight is 458 g/mol. The van der Waals surface area contributed by atoms with Crippen molar-refractivity contribution in [2.45, 2.75) is 44.9 Å². The van der Waals surface area contributed by atoms with Crippen LogP contribution in [-0.4, -0.2) is 56.1 Å². The largest absolute Gasteiger partial charge is 0.342 e. The number of nitrogens with zero attached hydrogens (tertiary/aromatic N) is 2. The number of aryl methyl sites for hydroxylation is 3. The number of amides is 2. The highest BCUT2D eigenvalue weighted by Crippen LogP contribution is 2.24. The van der Waals surface area contributed by atoms with Gasteiger partial charge in [0.1, 0.15) is 0 Å². The fraction of sp³-hybridized carbons (Fsp3) is 0.417. The van der Waals surface area contributed by atoms with Gasteiger partial charge in [-0.3, -0.25) is 9.59 Å². The van der Waals surface area contributed by atoms with Gasteiger partial charge in [0, 0.05) is 25.8 Å². The normalized spacial score (nSPS) is 14.1. The first-order valence-electron chi connectivity index (χ1n) is 10.8. The van der Waals surface area contributed by atoms with E-state index in [1.54, 1.807) is 26.0 Å². The third kappa shape index (κ3) is 5.55. The zero-order valence-electron chi connectivity index (χ0n) is 19.1. The van der Waals surface area contributed by atoms with Crippen LogP contribution in [0.15, 0.2) is 41.3 Å². The fourth-order valence-electron chi connectivity index (χ4n) is 4.18. The molecule has 2 amide bonds. The Bertz CT molecular complexity index is 1080. The summed E-state index contributed by atoms with van der Waals surface area (Å²) in [4.78, 5) is 26.9. The Morgan fingerprint density at radius 3 is 2.12 bits per heavy atom. The van der Waals surface area contributed by atoms with Gasteiger partial charge in [-0.05, 0) is 62.4 Å². The minimum Gasteiger partial charge on any atom is -0.342 e. The molecule has 172 valence electrons. The molecule has 1 aliphatic heterocycles. The molecular weight excluding hydrogens is 426 g/mol. The van der Waals surface area contributed by atoms with Crippen LogP contribution in [0.1, 0.15) is 35.1 Å². The highest BCUT2D eigenvalue weighted by atomic mass is 32.2. The second-order valence-corrected chi connectivity index (χ2v) is 10.5. The van der Waals surface area contributed by atoms with Crippen LogP contribution in [0.25, 0.3) is 0 Å². The van der Waals surface area contributed by atoms with E-state index in [9.17, 15) is 18.0 Å². The zero-order chi connectivity index (χ0) is 23.5. The molecule has 0 aromatic heterocycles. The maximum atomic E-state index is 13.0. The van der Waals surface area contributed by atoms with E-state index < -0.39 is 15.9 Å². The lowest BCUT2D eigenvalue weighted by atomic mass is 10.1. The molecule has 1 heterocycles. The summed E-state index contributed by atoms with van der Waals surface area (Å²) in [5.41, 5.74) is 3.75. The van der Waals surface area contributed by atoms with Gasteiger partial charge in [-0.15, -0.1) is 0 Å². The summed E-state index contributed by atoms with van der Waals surface area (Å²) in [5.74, 6) is -0.313. The van der Waals surface area contributed by atoms with Gasteiger partial charge < -0.3 is 10.2 Å². The number of rotatable bonds is 7. The number of hydrogen-bond donors (Lipinski definition) is 1. The summed E-state index contributed by atoms with van der Waals surface area (Å²) in [6.07, 6.45) is 2.46. The van der Waals surface area contributed by atoms with Gasteiger partial charge in [-0.2, -0.15) is 4.31 Å². The van der Waals surface area contributed by atoms with Gasteiger partial charge in [-0.1, -0.05) is 29.8 Å². The molecule has 7 nitrogen and oxygen atoms in total. The van der Waals surface area contributed by atoms with E-state index >= 15 is 0 Å². The molecule has 3 rings (SSSR count). The number of carbonyl (C=O) groups excluding carboxylic acids is 2. The molecule has 0 radical (unpaired) electrons. The van der Waals surface area contributed by atoms with Gasteiger partial charge in [0.25, 0.3) is 0 Å². The number of sulfonamides is 1. The molecule has 0 spiro atoms. The molecule has 1 saturated heterocycles. The quantitative estimate of drug-likeness (QED) is 0.692. The summed E-state index contributed by atoms with van der Waals surface area (Å²) in [6, 6.07) is 10.7. The van der Waals surface area contributed by atoms with Crippen molar-refractivity contribution in [1.29, 1.82) is 0 Å². The van der Waals surface area contributed by atoms with Crippen molar-refractivity contribution in [3.8, 4) is 0 Å². The second-order valence-electron chi connectivity index (χ2n) is 8.50. The Kier molecular flexibility index (Phi) is 7.36. The number of anilines is 1. The van der Waals surface area contributed by atoms with Gasteiger partial charge in [0.05, 0.1) is 17.9 Å². The molecule has 0 bridgehead atoms. The van der Waals surface area contributed by atoms with Crippen LogP contribution in [0.3, 0.4) is 0 Å². The molecule has 2 aromatic rings. The predicted molar refractivity (Wildman–Crippen MR) is 125 cm³/mol. The van der Waals surface area contributed by atoms with E-state index in [-0.39, 0.29) is 17.3 Å². The SMILES string of the molecule is Cc1cc(C)c(S(=O)(=O)N(C)CC(=O)Nc2ccc(CC(=O)N3CCCC3)cc2)c(C)c1. The van der Waals surface area contributed by atoms with Crippen LogP contribution < -0.4 is 5.32 Å². The Balaban J connectivity index is 1.61. The van der Waals surface area contributed by atoms with E-state index in [0.717, 1.165) is 41.4 Å². The van der Waals surface area contributed by atoms with E-state index in [2.05, 4.69) is 5.32 Å². The van der Waals surface area contributed by atoms with Crippen molar-refractivity contribution in [1.82, 2.24) is 9.21 Å². The van der Waals surface area contributed by atoms with Crippen LogP contribution >= 0.6 is 0 Å². The molecule has 0 unspecified atom stereocenters. The Labute approximate surface area is 190 Å². The lowest BCUT2D eigenvalue weighted by Crippen LogP contribution is -2.35. The fourth-order valence-corrected chi connectivity index (χ4v) is 5.71. The van der Waals surface area contributed by atoms with Crippen molar-refractivity contribution in [3.05, 3.63) is 58.7 Å². The molecule has 2 aromatic carbocycles. The van der Waals surface area contributed by atoms with E-state index in [4.69, 9.17) is 0 Å². The number of hydrogen-bond acceptors (Lipinski definition) is 4. The average Bonchev–Trinajstić information content (AvgIpc) is 3.23. The van der Waals surface area contributed by atoms with Crippen molar-refractivity contribution in [2.75, 3.05) is 32.0 Å². The Morgan fingerprint density at radius 1 is 1.00 bits per heavy atom. The maximum Gasteiger partial charge on any atom is 0.243 e. The standard InChI is InChI=1S/C24H31N3O4S/c1-17-13-18(2)24(19(3)14-17)32(30,31)26(4)16-22(28)25-21-9-7-20(8-10-21)15-23(29)27-11-5-6-12-27/h7-10,13-14H,5-6,11-12,15-16H2,1-4H3,(H,25,28). The number of carbonyl (C=O) groups is 2. The number of nitrogens with one attached hydrogen (secondary N) is 1. The summed E-state index contributed by atoms with van der Waals surface area (Å²) in [7, 11) is -2.40. The molecule has 1 aliphatic rings. The van der Waals surface area contributed by atoms with Crippen LogP contribution in [-0.2, 0) is 26.0 Å². The molecule has 0 aliphatic carbocycles. The molecule has 0 saturated carbocycles. The number of likely N-dealkylation sites (tertiary alicyclic amines) is 1. The first-order valence-corrected chi connectivity index (χ1v) is 12.2. The van der Waals surface area contributed by atoms with Crippen LogP contribution in [0.2, 0.25) is 0 Å². The summed E-state index contributed by atoms with van der Waals surface area (Å²) < 4.78 is 27.1. The van der Waals surface area contributed by atoms with Crippen molar-refractivity contribution < 1.29 is 18.0 Å². The second kappa shape index (κ2) is 9.83.